The molecule has 1 saturated heterocycles. The molecule has 30 heavy (non-hydrogen) atoms. The highest BCUT2D eigenvalue weighted by molar-refractivity contribution is 8.15. The van der Waals surface area contributed by atoms with Gasteiger partial charge >= 0.3 is 5.97 Å². The molecule has 0 unspecified atom stereocenters. The second-order valence-electron chi connectivity index (χ2n) is 8.52. The molecule has 1 fully saturated rings. The summed E-state index contributed by atoms with van der Waals surface area (Å²) >= 11 is 1.47. The summed E-state index contributed by atoms with van der Waals surface area (Å²) in [6.07, 6.45) is 0.710. The Balaban J connectivity index is 2.04. The molecule has 0 saturated carbocycles. The average Bonchev–Trinajstić information content (AvgIpc) is 3.01. The van der Waals surface area contributed by atoms with Gasteiger partial charge in [-0.25, -0.2) is 9.79 Å². The lowest BCUT2D eigenvalue weighted by atomic mass is 9.85. The van der Waals surface area contributed by atoms with Crippen LogP contribution in [-0.4, -0.2) is 47.5 Å². The van der Waals surface area contributed by atoms with Gasteiger partial charge in [-0.2, -0.15) is 0 Å². The number of amides is 1. The number of esters is 1. The summed E-state index contributed by atoms with van der Waals surface area (Å²) in [5, 5.41) is 0.472. The van der Waals surface area contributed by atoms with Crippen molar-refractivity contribution in [3.63, 3.8) is 0 Å². The summed E-state index contributed by atoms with van der Waals surface area (Å²) in [4.78, 5) is 32.4. The Morgan fingerprint density at radius 1 is 1.20 bits per heavy atom. The van der Waals surface area contributed by atoms with E-state index in [-0.39, 0.29) is 23.2 Å². The van der Waals surface area contributed by atoms with Crippen LogP contribution in [-0.2, 0) is 24.5 Å². The molecule has 1 amide bonds. The van der Waals surface area contributed by atoms with Gasteiger partial charge in [0.25, 0.3) is 0 Å². The van der Waals surface area contributed by atoms with Crippen LogP contribution in [0.3, 0.4) is 0 Å². The molecule has 1 aromatic rings. The first-order valence-corrected chi connectivity index (χ1v) is 11.1. The van der Waals surface area contributed by atoms with Gasteiger partial charge in [-0.05, 0) is 29.9 Å². The van der Waals surface area contributed by atoms with E-state index in [1.807, 2.05) is 19.1 Å². The minimum Gasteiger partial charge on any atom is -0.460 e. The molecule has 0 bridgehead atoms. The predicted octanol–water partition coefficient (Wildman–Crippen LogP) is 4.21. The number of benzene rings is 1. The van der Waals surface area contributed by atoms with Crippen molar-refractivity contribution in [1.29, 1.82) is 0 Å². The van der Waals surface area contributed by atoms with Crippen LogP contribution >= 0.6 is 11.8 Å². The van der Waals surface area contributed by atoms with E-state index in [9.17, 15) is 9.59 Å². The van der Waals surface area contributed by atoms with Crippen molar-refractivity contribution in [1.82, 2.24) is 4.90 Å². The third-order valence-electron chi connectivity index (χ3n) is 5.36. The zero-order chi connectivity index (χ0) is 22.1. The van der Waals surface area contributed by atoms with Crippen molar-refractivity contribution in [2.75, 3.05) is 20.3 Å². The van der Waals surface area contributed by atoms with Crippen molar-refractivity contribution in [3.8, 4) is 0 Å². The van der Waals surface area contributed by atoms with E-state index < -0.39 is 12.0 Å². The number of ether oxygens (including phenoxy) is 2. The highest BCUT2D eigenvalue weighted by Gasteiger charge is 2.47. The Bertz CT molecular complexity index is 883. The van der Waals surface area contributed by atoms with Gasteiger partial charge in [0, 0.05) is 7.11 Å². The van der Waals surface area contributed by atoms with Gasteiger partial charge in [-0.3, -0.25) is 9.69 Å². The number of hydrogen-bond acceptors (Lipinski definition) is 6. The van der Waals surface area contributed by atoms with E-state index in [1.165, 1.54) is 17.3 Å². The maximum absolute atomic E-state index is 13.1. The number of rotatable bonds is 6. The lowest BCUT2D eigenvalue weighted by molar-refractivity contribution is -0.141. The number of allylic oxidation sites excluding steroid dienone is 1. The van der Waals surface area contributed by atoms with Crippen LogP contribution < -0.4 is 0 Å². The lowest BCUT2D eigenvalue weighted by Crippen LogP contribution is -2.41. The second kappa shape index (κ2) is 8.94. The van der Waals surface area contributed by atoms with E-state index in [1.54, 1.807) is 18.9 Å². The molecule has 1 aromatic carbocycles. The predicted molar refractivity (Wildman–Crippen MR) is 119 cm³/mol. The van der Waals surface area contributed by atoms with E-state index in [0.717, 1.165) is 5.56 Å². The highest BCUT2D eigenvalue weighted by atomic mass is 32.2. The summed E-state index contributed by atoms with van der Waals surface area (Å²) in [6.45, 7) is 10.7. The molecule has 0 aliphatic carbocycles. The summed E-state index contributed by atoms with van der Waals surface area (Å²) in [6, 6.07) is 7.59. The Morgan fingerprint density at radius 3 is 2.43 bits per heavy atom. The molecule has 7 heteroatoms. The summed E-state index contributed by atoms with van der Waals surface area (Å²) in [5.74, 6) is -0.476. The van der Waals surface area contributed by atoms with Crippen molar-refractivity contribution in [2.24, 2.45) is 4.99 Å². The molecule has 0 spiro atoms. The van der Waals surface area contributed by atoms with E-state index in [4.69, 9.17) is 9.47 Å². The Hall–Kier alpha value is -2.12. The average molecular weight is 431 g/mol. The smallest absolute Gasteiger partial charge is 0.338 e. The molecular weight excluding hydrogens is 400 g/mol. The minimum absolute atomic E-state index is 0.0119. The number of amidine groups is 1. The van der Waals surface area contributed by atoms with Gasteiger partial charge in [-0.15, -0.1) is 0 Å². The van der Waals surface area contributed by atoms with Crippen molar-refractivity contribution in [2.45, 2.75) is 57.7 Å². The molecule has 6 nitrogen and oxygen atoms in total. The number of aliphatic imine (C=N–C) groups is 1. The Labute approximate surface area is 182 Å². The first-order valence-electron chi connectivity index (χ1n) is 10.2. The van der Waals surface area contributed by atoms with Crippen LogP contribution in [0.25, 0.3) is 0 Å². The molecule has 2 atom stereocenters. The summed E-state index contributed by atoms with van der Waals surface area (Å²) in [7, 11) is 1.56. The number of hydrogen-bond donors (Lipinski definition) is 0. The summed E-state index contributed by atoms with van der Waals surface area (Å²) < 4.78 is 10.4. The molecule has 2 aliphatic rings. The fourth-order valence-electron chi connectivity index (χ4n) is 3.63. The number of fused-ring (bicyclic) bond motifs is 1. The van der Waals surface area contributed by atoms with Gasteiger partial charge in [-0.1, -0.05) is 63.7 Å². The molecule has 0 radical (unpaired) electrons. The Morgan fingerprint density at radius 2 is 1.87 bits per heavy atom. The van der Waals surface area contributed by atoms with Gasteiger partial charge in [0.1, 0.15) is 6.61 Å². The SMILES string of the molecule is CC[C@@H]1SC2=NC(C)=C(C(=O)OCCOC)[C@H](c3ccc(C(C)(C)C)cc3)N2C1=O. The van der Waals surface area contributed by atoms with Crippen LogP contribution in [0.15, 0.2) is 40.5 Å². The normalized spacial score (nSPS) is 21.6. The maximum Gasteiger partial charge on any atom is 0.338 e. The number of thioether (sulfide) groups is 1. The van der Waals surface area contributed by atoms with Gasteiger partial charge in [0.05, 0.1) is 29.2 Å². The zero-order valence-corrected chi connectivity index (χ0v) is 19.3. The van der Waals surface area contributed by atoms with Crippen molar-refractivity contribution >= 4 is 28.8 Å². The third kappa shape index (κ3) is 4.32. The van der Waals surface area contributed by atoms with Crippen LogP contribution in [0.2, 0.25) is 0 Å². The zero-order valence-electron chi connectivity index (χ0n) is 18.5. The lowest BCUT2D eigenvalue weighted by Gasteiger charge is -2.33. The molecule has 0 N–H and O–H groups in total. The Kier molecular flexibility index (Phi) is 6.72. The quantitative estimate of drug-likeness (QED) is 0.499. The molecule has 3 rings (SSSR count). The first-order chi connectivity index (χ1) is 14.2. The second-order valence-corrected chi connectivity index (χ2v) is 9.69. The molecule has 0 aromatic heterocycles. The summed E-state index contributed by atoms with van der Waals surface area (Å²) in [5.41, 5.74) is 3.07. The number of nitrogens with zero attached hydrogens (tertiary/aromatic N) is 2. The van der Waals surface area contributed by atoms with E-state index in [2.05, 4.69) is 37.9 Å². The number of methoxy groups -OCH3 is 1. The van der Waals surface area contributed by atoms with Crippen LogP contribution in [0.4, 0.5) is 0 Å². The molecule has 2 heterocycles. The largest absolute Gasteiger partial charge is 0.460 e. The molecule has 162 valence electrons. The third-order valence-corrected chi connectivity index (χ3v) is 6.67. The van der Waals surface area contributed by atoms with E-state index in [0.29, 0.717) is 29.5 Å². The van der Waals surface area contributed by atoms with Gasteiger partial charge < -0.3 is 9.47 Å². The minimum atomic E-state index is -0.543. The first kappa shape index (κ1) is 22.6. The van der Waals surface area contributed by atoms with Gasteiger partial charge in [0.2, 0.25) is 5.91 Å². The van der Waals surface area contributed by atoms with Crippen LogP contribution in [0.1, 0.15) is 58.2 Å². The van der Waals surface area contributed by atoms with Crippen LogP contribution in [0.5, 0.6) is 0 Å². The van der Waals surface area contributed by atoms with E-state index >= 15 is 0 Å². The standard InChI is InChI=1S/C23H30N2O4S/c1-7-17-20(26)25-19(15-8-10-16(11-9-15)23(3,4)5)18(14(2)24-22(25)30-17)21(27)29-13-12-28-6/h8-11,17,19H,7,12-13H2,1-6H3/t17-,19-/m0/s1. The molecule has 2 aliphatic heterocycles. The number of carbonyl (C=O) groups is 2. The topological polar surface area (TPSA) is 68.2 Å². The van der Waals surface area contributed by atoms with Crippen LogP contribution in [0, 0.1) is 0 Å². The van der Waals surface area contributed by atoms with Gasteiger partial charge in [0.15, 0.2) is 5.17 Å². The fraction of sp³-hybridized carbons (Fsp3) is 0.522. The highest BCUT2D eigenvalue weighted by Crippen LogP contribution is 2.44. The van der Waals surface area contributed by atoms with Crippen molar-refractivity contribution in [3.05, 3.63) is 46.7 Å². The maximum atomic E-state index is 13.1. The molecular formula is C23H30N2O4S. The fourth-order valence-corrected chi connectivity index (χ4v) is 4.76. The number of carbonyl (C=O) groups excluding carboxylic acids is 2. The van der Waals surface area contributed by atoms with Crippen molar-refractivity contribution < 1.29 is 19.1 Å². The monoisotopic (exact) mass is 430 g/mol.